The van der Waals surface area contributed by atoms with Gasteiger partial charge in [0, 0.05) is 11.1 Å². The normalized spacial score (nSPS) is 14.2. The highest BCUT2D eigenvalue weighted by atomic mass is 16.4. The Morgan fingerprint density at radius 1 is 1.27 bits per heavy atom. The Balaban J connectivity index is 2.92. The van der Waals surface area contributed by atoms with Crippen molar-refractivity contribution in [2.45, 2.75) is 32.4 Å². The maximum Gasteiger partial charge on any atom is 0.305 e. The Kier molecular flexibility index (Phi) is 5.90. The van der Waals surface area contributed by atoms with Crippen LogP contribution in [0.25, 0.3) is 0 Å². The molecule has 122 valence electrons. The second-order valence-corrected chi connectivity index (χ2v) is 5.87. The number of aliphatic carboxylic acids is 1. The number of hydrogen-bond donors (Lipinski definition) is 5. The van der Waals surface area contributed by atoms with Gasteiger partial charge in [0.2, 0.25) is 5.91 Å². The highest BCUT2D eigenvalue weighted by molar-refractivity contribution is 5.82. The number of aliphatic hydroxyl groups is 2. The number of nitrogen functional groups attached to an aromatic ring is 1. The van der Waals surface area contributed by atoms with Gasteiger partial charge in [-0.2, -0.15) is 0 Å². The average Bonchev–Trinajstić information content (AvgIpc) is 2.46. The third-order valence-electron chi connectivity index (χ3n) is 3.43. The van der Waals surface area contributed by atoms with Crippen LogP contribution >= 0.6 is 0 Å². The van der Waals surface area contributed by atoms with Crippen LogP contribution < -0.4 is 11.1 Å². The molecule has 1 aromatic carbocycles. The molecule has 0 fully saturated rings. The van der Waals surface area contributed by atoms with E-state index in [9.17, 15) is 19.8 Å². The molecule has 0 aliphatic heterocycles. The van der Waals surface area contributed by atoms with Gasteiger partial charge in [0.1, 0.15) is 6.10 Å². The van der Waals surface area contributed by atoms with Crippen molar-refractivity contribution in [3.63, 3.8) is 0 Å². The van der Waals surface area contributed by atoms with Crippen molar-refractivity contribution in [3.05, 3.63) is 29.8 Å². The fourth-order valence-corrected chi connectivity index (χ4v) is 1.85. The van der Waals surface area contributed by atoms with E-state index in [0.717, 1.165) is 0 Å². The number of nitrogens with two attached hydrogens (primary N) is 1. The van der Waals surface area contributed by atoms with Gasteiger partial charge in [-0.1, -0.05) is 26.0 Å². The smallest absolute Gasteiger partial charge is 0.305 e. The molecular formula is C15H22N2O5. The molecule has 0 radical (unpaired) electrons. The van der Waals surface area contributed by atoms with Gasteiger partial charge in [0.15, 0.2) is 0 Å². The molecule has 0 heterocycles. The molecule has 22 heavy (non-hydrogen) atoms. The quantitative estimate of drug-likeness (QED) is 0.459. The predicted octanol–water partition coefficient (Wildman–Crippen LogP) is 0.280. The standard InChI is InChI=1S/C15H22N2O5/c1-15(2,8-18)13(21)14(22)17-11(7-12(19)20)9-3-5-10(16)6-4-9/h3-6,11,13,18,21H,7-8,16H2,1-2H3,(H,17,22)(H,19,20). The summed E-state index contributed by atoms with van der Waals surface area (Å²) in [5, 5.41) is 30.7. The summed E-state index contributed by atoms with van der Waals surface area (Å²) in [5.41, 5.74) is 5.64. The summed E-state index contributed by atoms with van der Waals surface area (Å²) in [6, 6.07) is 5.64. The Morgan fingerprint density at radius 3 is 2.27 bits per heavy atom. The van der Waals surface area contributed by atoms with E-state index in [1.807, 2.05) is 0 Å². The molecule has 0 saturated heterocycles. The Bertz CT molecular complexity index is 527. The number of carboxylic acid groups (broad SMARTS) is 1. The highest BCUT2D eigenvalue weighted by Crippen LogP contribution is 2.23. The predicted molar refractivity (Wildman–Crippen MR) is 80.9 cm³/mol. The number of carbonyl (C=O) groups excluding carboxylic acids is 1. The van der Waals surface area contributed by atoms with Crippen molar-refractivity contribution in [1.29, 1.82) is 0 Å². The first kappa shape index (κ1) is 17.9. The van der Waals surface area contributed by atoms with Crippen molar-refractivity contribution >= 4 is 17.6 Å². The third-order valence-corrected chi connectivity index (χ3v) is 3.43. The molecule has 0 aliphatic rings. The topological polar surface area (TPSA) is 133 Å². The lowest BCUT2D eigenvalue weighted by Crippen LogP contribution is -2.46. The van der Waals surface area contributed by atoms with E-state index in [2.05, 4.69) is 5.32 Å². The molecule has 1 aromatic rings. The van der Waals surface area contributed by atoms with Crippen molar-refractivity contribution in [1.82, 2.24) is 5.32 Å². The molecule has 0 spiro atoms. The monoisotopic (exact) mass is 310 g/mol. The van der Waals surface area contributed by atoms with Crippen molar-refractivity contribution in [2.24, 2.45) is 5.41 Å². The lowest BCUT2D eigenvalue weighted by Gasteiger charge is -2.29. The largest absolute Gasteiger partial charge is 0.481 e. The van der Waals surface area contributed by atoms with E-state index in [0.29, 0.717) is 11.3 Å². The molecule has 2 unspecified atom stereocenters. The number of benzene rings is 1. The van der Waals surface area contributed by atoms with Crippen LogP contribution in [-0.4, -0.2) is 39.9 Å². The molecule has 7 nitrogen and oxygen atoms in total. The summed E-state index contributed by atoms with van der Waals surface area (Å²) in [4.78, 5) is 23.1. The lowest BCUT2D eigenvalue weighted by molar-refractivity contribution is -0.140. The third kappa shape index (κ3) is 4.71. The van der Waals surface area contributed by atoms with E-state index >= 15 is 0 Å². The van der Waals surface area contributed by atoms with Gasteiger partial charge in [0.25, 0.3) is 0 Å². The van der Waals surface area contributed by atoms with Crippen LogP contribution in [0, 0.1) is 5.41 Å². The van der Waals surface area contributed by atoms with Gasteiger partial charge >= 0.3 is 5.97 Å². The van der Waals surface area contributed by atoms with E-state index in [1.165, 1.54) is 13.8 Å². The summed E-state index contributed by atoms with van der Waals surface area (Å²) in [5.74, 6) is -1.82. The fraction of sp³-hybridized carbons (Fsp3) is 0.467. The minimum absolute atomic E-state index is 0.331. The number of carbonyl (C=O) groups is 2. The summed E-state index contributed by atoms with van der Waals surface area (Å²) >= 11 is 0. The van der Waals surface area contributed by atoms with Gasteiger partial charge in [0.05, 0.1) is 19.1 Å². The number of anilines is 1. The van der Waals surface area contributed by atoms with Crippen LogP contribution in [0.1, 0.15) is 31.9 Å². The molecule has 0 bridgehead atoms. The van der Waals surface area contributed by atoms with E-state index in [1.54, 1.807) is 24.3 Å². The van der Waals surface area contributed by atoms with Crippen molar-refractivity contribution in [3.8, 4) is 0 Å². The molecule has 1 rings (SSSR count). The van der Waals surface area contributed by atoms with Crippen LogP contribution in [0.5, 0.6) is 0 Å². The van der Waals surface area contributed by atoms with Crippen LogP contribution in [0.15, 0.2) is 24.3 Å². The minimum atomic E-state index is -1.46. The number of hydrogen-bond acceptors (Lipinski definition) is 5. The van der Waals surface area contributed by atoms with E-state index in [4.69, 9.17) is 10.8 Å². The zero-order valence-electron chi connectivity index (χ0n) is 12.6. The first-order valence-electron chi connectivity index (χ1n) is 6.84. The molecule has 0 saturated carbocycles. The highest BCUT2D eigenvalue weighted by Gasteiger charge is 2.34. The van der Waals surface area contributed by atoms with E-state index < -0.39 is 29.4 Å². The van der Waals surface area contributed by atoms with Gasteiger partial charge < -0.3 is 26.4 Å². The van der Waals surface area contributed by atoms with Gasteiger partial charge in [-0.25, -0.2) is 0 Å². The van der Waals surface area contributed by atoms with Gasteiger partial charge in [-0.3, -0.25) is 9.59 Å². The fourth-order valence-electron chi connectivity index (χ4n) is 1.85. The SMILES string of the molecule is CC(C)(CO)C(O)C(=O)NC(CC(=O)O)c1ccc(N)cc1. The van der Waals surface area contributed by atoms with Crippen LogP contribution in [-0.2, 0) is 9.59 Å². The van der Waals surface area contributed by atoms with Crippen LogP contribution in [0.3, 0.4) is 0 Å². The molecular weight excluding hydrogens is 288 g/mol. The number of carboxylic acids is 1. The second-order valence-electron chi connectivity index (χ2n) is 5.87. The van der Waals surface area contributed by atoms with Crippen LogP contribution in [0.2, 0.25) is 0 Å². The minimum Gasteiger partial charge on any atom is -0.481 e. The van der Waals surface area contributed by atoms with Crippen LogP contribution in [0.4, 0.5) is 5.69 Å². The van der Waals surface area contributed by atoms with E-state index in [-0.39, 0.29) is 13.0 Å². The zero-order chi connectivity index (χ0) is 16.9. The first-order chi connectivity index (χ1) is 10.2. The van der Waals surface area contributed by atoms with Gasteiger partial charge in [-0.05, 0) is 17.7 Å². The number of aliphatic hydroxyl groups excluding tert-OH is 2. The lowest BCUT2D eigenvalue weighted by atomic mass is 9.86. The molecule has 1 amide bonds. The maximum atomic E-state index is 12.1. The number of nitrogens with one attached hydrogen (secondary N) is 1. The average molecular weight is 310 g/mol. The summed E-state index contributed by atoms with van der Waals surface area (Å²) in [6.07, 6.45) is -1.79. The number of amides is 1. The first-order valence-corrected chi connectivity index (χ1v) is 6.84. The second kappa shape index (κ2) is 7.24. The van der Waals surface area contributed by atoms with Crippen molar-refractivity contribution < 1.29 is 24.9 Å². The molecule has 7 heteroatoms. The molecule has 0 aromatic heterocycles. The summed E-state index contributed by atoms with van der Waals surface area (Å²) in [6.45, 7) is 2.69. The Hall–Kier alpha value is -2.12. The summed E-state index contributed by atoms with van der Waals surface area (Å²) < 4.78 is 0. The van der Waals surface area contributed by atoms with Gasteiger partial charge in [-0.15, -0.1) is 0 Å². The zero-order valence-corrected chi connectivity index (χ0v) is 12.6. The molecule has 6 N–H and O–H groups in total. The van der Waals surface area contributed by atoms with Crippen molar-refractivity contribution in [2.75, 3.05) is 12.3 Å². The number of rotatable bonds is 7. The Labute approximate surface area is 128 Å². The maximum absolute atomic E-state index is 12.1. The Morgan fingerprint density at radius 2 is 1.82 bits per heavy atom. The molecule has 2 atom stereocenters. The summed E-state index contributed by atoms with van der Waals surface area (Å²) in [7, 11) is 0. The molecule has 0 aliphatic carbocycles.